The molecule has 0 spiro atoms. The van der Waals surface area contributed by atoms with Crippen LogP contribution in [0.5, 0.6) is 6.01 Å². The third kappa shape index (κ3) is 5.17. The number of rotatable bonds is 7. The summed E-state index contributed by atoms with van der Waals surface area (Å²) >= 11 is 1.13. The first kappa shape index (κ1) is 14.5. The van der Waals surface area contributed by atoms with E-state index in [1.807, 2.05) is 6.92 Å². The third-order valence-corrected chi connectivity index (χ3v) is 2.49. The molecule has 0 saturated carbocycles. The van der Waals surface area contributed by atoms with Crippen LogP contribution in [-0.4, -0.2) is 39.9 Å². The van der Waals surface area contributed by atoms with Crippen LogP contribution in [0.3, 0.4) is 0 Å². The average molecular weight is 272 g/mol. The number of nitrogens with two attached hydrogens (primary N) is 1. The van der Waals surface area contributed by atoms with E-state index in [-0.39, 0.29) is 23.7 Å². The molecule has 0 aliphatic rings. The molecule has 8 heteroatoms. The standard InChI is InChI=1S/C10H16N4O3S/c1-3-5-17-9-12-8(11)13-10(14-9)18-6-7(15)16-4-2/h3-6H2,1-2H3,(H2,11,12,13,14). The molecule has 0 aliphatic carbocycles. The molecule has 0 unspecified atom stereocenters. The first-order valence-corrected chi connectivity index (χ1v) is 6.57. The molecular formula is C10H16N4O3S. The van der Waals surface area contributed by atoms with Crippen LogP contribution < -0.4 is 10.5 Å². The summed E-state index contributed by atoms with van der Waals surface area (Å²) in [4.78, 5) is 23.0. The number of carbonyl (C=O) groups excluding carboxylic acids is 1. The van der Waals surface area contributed by atoms with E-state index in [1.54, 1.807) is 6.92 Å². The van der Waals surface area contributed by atoms with E-state index in [1.165, 1.54) is 0 Å². The van der Waals surface area contributed by atoms with Gasteiger partial charge in [-0.05, 0) is 13.3 Å². The van der Waals surface area contributed by atoms with Crippen molar-refractivity contribution >= 4 is 23.7 Å². The Morgan fingerprint density at radius 1 is 1.33 bits per heavy atom. The summed E-state index contributed by atoms with van der Waals surface area (Å²) in [5.41, 5.74) is 5.52. The van der Waals surface area contributed by atoms with Gasteiger partial charge < -0.3 is 15.2 Å². The molecule has 1 heterocycles. The van der Waals surface area contributed by atoms with E-state index in [0.717, 1.165) is 18.2 Å². The van der Waals surface area contributed by atoms with E-state index >= 15 is 0 Å². The monoisotopic (exact) mass is 272 g/mol. The molecular weight excluding hydrogens is 256 g/mol. The molecule has 0 atom stereocenters. The summed E-state index contributed by atoms with van der Waals surface area (Å²) in [6, 6.07) is 0.177. The molecule has 18 heavy (non-hydrogen) atoms. The molecule has 2 N–H and O–H groups in total. The van der Waals surface area contributed by atoms with Crippen molar-refractivity contribution in [3.63, 3.8) is 0 Å². The number of anilines is 1. The zero-order chi connectivity index (χ0) is 13.4. The van der Waals surface area contributed by atoms with Crippen LogP contribution in [-0.2, 0) is 9.53 Å². The van der Waals surface area contributed by atoms with E-state index in [9.17, 15) is 4.79 Å². The van der Waals surface area contributed by atoms with E-state index in [4.69, 9.17) is 15.2 Å². The van der Waals surface area contributed by atoms with E-state index in [0.29, 0.717) is 18.4 Å². The summed E-state index contributed by atoms with van der Waals surface area (Å²) in [5.74, 6) is -0.121. The van der Waals surface area contributed by atoms with Crippen LogP contribution in [0.25, 0.3) is 0 Å². The molecule has 0 saturated heterocycles. The fraction of sp³-hybridized carbons (Fsp3) is 0.600. The lowest BCUT2D eigenvalue weighted by Gasteiger charge is -2.05. The van der Waals surface area contributed by atoms with Crippen molar-refractivity contribution in [2.75, 3.05) is 24.7 Å². The van der Waals surface area contributed by atoms with E-state index < -0.39 is 0 Å². The fourth-order valence-corrected chi connectivity index (χ4v) is 1.63. The Kier molecular flexibility index (Phi) is 6.20. The number of aromatic nitrogens is 3. The van der Waals surface area contributed by atoms with Gasteiger partial charge in [0.15, 0.2) is 5.16 Å². The van der Waals surface area contributed by atoms with Gasteiger partial charge in [-0.1, -0.05) is 18.7 Å². The zero-order valence-electron chi connectivity index (χ0n) is 10.4. The quantitative estimate of drug-likeness (QED) is 0.577. The van der Waals surface area contributed by atoms with Crippen LogP contribution in [0, 0.1) is 0 Å². The highest BCUT2D eigenvalue weighted by Crippen LogP contribution is 2.16. The molecule has 7 nitrogen and oxygen atoms in total. The minimum absolute atomic E-state index is 0.0717. The van der Waals surface area contributed by atoms with Crippen LogP contribution in [0.15, 0.2) is 5.16 Å². The Labute approximate surface area is 109 Å². The highest BCUT2D eigenvalue weighted by Gasteiger charge is 2.09. The second-order valence-electron chi connectivity index (χ2n) is 3.20. The first-order chi connectivity index (χ1) is 8.65. The van der Waals surface area contributed by atoms with Crippen molar-refractivity contribution in [2.45, 2.75) is 25.4 Å². The molecule has 0 amide bonds. The number of thioether (sulfide) groups is 1. The predicted molar refractivity (Wildman–Crippen MR) is 67.4 cm³/mol. The minimum Gasteiger partial charge on any atom is -0.465 e. The Balaban J connectivity index is 2.59. The van der Waals surface area contributed by atoms with Crippen molar-refractivity contribution in [3.8, 4) is 6.01 Å². The normalized spacial score (nSPS) is 10.1. The van der Waals surface area contributed by atoms with Crippen molar-refractivity contribution in [1.82, 2.24) is 15.0 Å². The van der Waals surface area contributed by atoms with Crippen molar-refractivity contribution in [1.29, 1.82) is 0 Å². The largest absolute Gasteiger partial charge is 0.465 e. The molecule has 0 radical (unpaired) electrons. The number of ether oxygens (including phenoxy) is 2. The van der Waals surface area contributed by atoms with Gasteiger partial charge in [0, 0.05) is 0 Å². The molecule has 0 aromatic carbocycles. The van der Waals surface area contributed by atoms with Crippen LogP contribution in [0.4, 0.5) is 5.95 Å². The number of esters is 1. The maximum atomic E-state index is 11.2. The molecule has 0 bridgehead atoms. The second-order valence-corrected chi connectivity index (χ2v) is 4.14. The molecule has 100 valence electrons. The van der Waals surface area contributed by atoms with Gasteiger partial charge in [-0.2, -0.15) is 15.0 Å². The molecule has 0 fully saturated rings. The maximum Gasteiger partial charge on any atom is 0.322 e. The SMILES string of the molecule is CCCOc1nc(N)nc(SCC(=O)OCC)n1. The van der Waals surface area contributed by atoms with Gasteiger partial charge in [0.25, 0.3) is 0 Å². The van der Waals surface area contributed by atoms with Gasteiger partial charge in [-0.15, -0.1) is 0 Å². The molecule has 1 rings (SSSR count). The average Bonchev–Trinajstić information content (AvgIpc) is 2.34. The van der Waals surface area contributed by atoms with Gasteiger partial charge in [-0.3, -0.25) is 4.79 Å². The lowest BCUT2D eigenvalue weighted by molar-refractivity contribution is -0.139. The highest BCUT2D eigenvalue weighted by atomic mass is 32.2. The summed E-state index contributed by atoms with van der Waals surface area (Å²) in [5, 5.41) is 0.349. The lowest BCUT2D eigenvalue weighted by atomic mass is 10.5. The summed E-state index contributed by atoms with van der Waals surface area (Å²) in [6.07, 6.45) is 0.844. The number of nitrogens with zero attached hydrogens (tertiary/aromatic N) is 3. The Bertz CT molecular complexity index is 403. The highest BCUT2D eigenvalue weighted by molar-refractivity contribution is 7.99. The predicted octanol–water partition coefficient (Wildman–Crippen LogP) is 0.898. The molecule has 0 aliphatic heterocycles. The number of carbonyl (C=O) groups is 1. The molecule has 1 aromatic rings. The summed E-state index contributed by atoms with van der Waals surface area (Å²) < 4.78 is 10.1. The lowest BCUT2D eigenvalue weighted by Crippen LogP contribution is -2.09. The fourth-order valence-electron chi connectivity index (χ4n) is 1.00. The third-order valence-electron chi connectivity index (χ3n) is 1.67. The Morgan fingerprint density at radius 2 is 2.11 bits per heavy atom. The van der Waals surface area contributed by atoms with Crippen LogP contribution in [0.1, 0.15) is 20.3 Å². The van der Waals surface area contributed by atoms with Gasteiger partial charge in [0.2, 0.25) is 5.95 Å². The van der Waals surface area contributed by atoms with E-state index in [2.05, 4.69) is 15.0 Å². The van der Waals surface area contributed by atoms with Crippen molar-refractivity contribution in [3.05, 3.63) is 0 Å². The topological polar surface area (TPSA) is 100 Å². The molecule has 1 aromatic heterocycles. The Morgan fingerprint density at radius 3 is 2.78 bits per heavy atom. The van der Waals surface area contributed by atoms with Crippen LogP contribution in [0.2, 0.25) is 0 Å². The minimum atomic E-state index is -0.322. The van der Waals surface area contributed by atoms with Crippen LogP contribution >= 0.6 is 11.8 Å². The zero-order valence-corrected chi connectivity index (χ0v) is 11.2. The smallest absolute Gasteiger partial charge is 0.322 e. The Hall–Kier alpha value is -1.57. The van der Waals surface area contributed by atoms with Crippen molar-refractivity contribution < 1.29 is 14.3 Å². The number of nitrogen functional groups attached to an aromatic ring is 1. The summed E-state index contributed by atoms with van der Waals surface area (Å²) in [7, 11) is 0. The number of hydrogen-bond donors (Lipinski definition) is 1. The van der Waals surface area contributed by atoms with Gasteiger partial charge >= 0.3 is 12.0 Å². The number of hydrogen-bond acceptors (Lipinski definition) is 8. The van der Waals surface area contributed by atoms with Gasteiger partial charge in [0.1, 0.15) is 0 Å². The van der Waals surface area contributed by atoms with Gasteiger partial charge in [0.05, 0.1) is 19.0 Å². The summed E-state index contributed by atoms with van der Waals surface area (Å²) in [6.45, 7) is 4.58. The maximum absolute atomic E-state index is 11.2. The van der Waals surface area contributed by atoms with Crippen molar-refractivity contribution in [2.24, 2.45) is 0 Å². The van der Waals surface area contributed by atoms with Gasteiger partial charge in [-0.25, -0.2) is 0 Å². The first-order valence-electron chi connectivity index (χ1n) is 5.58. The second kappa shape index (κ2) is 7.70.